The summed E-state index contributed by atoms with van der Waals surface area (Å²) in [7, 11) is 0. The standard InChI is InChI=1S/C14H19NO3/c1-11-7-8-13(16)9-15(11)14(17)18-10-12-5-3-2-4-6-12/h2-6,11,13,16H,7-10H2,1H3/t11-,13?/m0/s1. The monoisotopic (exact) mass is 249 g/mol. The molecule has 1 amide bonds. The smallest absolute Gasteiger partial charge is 0.410 e. The van der Waals surface area contributed by atoms with Gasteiger partial charge in [-0.1, -0.05) is 30.3 Å². The van der Waals surface area contributed by atoms with E-state index in [-0.39, 0.29) is 18.7 Å². The SMILES string of the molecule is C[C@H]1CCC(O)CN1C(=O)OCc1ccccc1. The second-order valence-corrected chi connectivity index (χ2v) is 4.77. The molecule has 4 heteroatoms. The predicted molar refractivity (Wildman–Crippen MR) is 68.0 cm³/mol. The average molecular weight is 249 g/mol. The number of carbonyl (C=O) groups excluding carboxylic acids is 1. The Balaban J connectivity index is 1.87. The van der Waals surface area contributed by atoms with Crippen LogP contribution in [0.2, 0.25) is 0 Å². The van der Waals surface area contributed by atoms with Gasteiger partial charge in [0.2, 0.25) is 0 Å². The van der Waals surface area contributed by atoms with Gasteiger partial charge < -0.3 is 14.7 Å². The van der Waals surface area contributed by atoms with Gasteiger partial charge in [0.15, 0.2) is 0 Å². The van der Waals surface area contributed by atoms with Crippen LogP contribution in [0, 0.1) is 0 Å². The maximum absolute atomic E-state index is 11.9. The molecule has 0 saturated carbocycles. The van der Waals surface area contributed by atoms with Gasteiger partial charge in [0, 0.05) is 6.04 Å². The van der Waals surface area contributed by atoms with Gasteiger partial charge in [0.05, 0.1) is 12.6 Å². The van der Waals surface area contributed by atoms with E-state index in [0.29, 0.717) is 6.54 Å². The first kappa shape index (κ1) is 12.9. The molecule has 0 spiro atoms. The Kier molecular flexibility index (Phi) is 4.20. The lowest BCUT2D eigenvalue weighted by Crippen LogP contribution is -2.47. The maximum atomic E-state index is 11.9. The number of amides is 1. The molecular formula is C14H19NO3. The Bertz CT molecular complexity index is 393. The lowest BCUT2D eigenvalue weighted by molar-refractivity contribution is 0.0249. The number of ether oxygens (including phenoxy) is 1. The van der Waals surface area contributed by atoms with Gasteiger partial charge >= 0.3 is 6.09 Å². The van der Waals surface area contributed by atoms with Crippen LogP contribution in [0.5, 0.6) is 0 Å². The van der Waals surface area contributed by atoms with E-state index in [4.69, 9.17) is 4.74 Å². The number of hydrogen-bond donors (Lipinski definition) is 1. The number of β-amino-alcohol motifs (C(OH)–C–C–N with tert-alkyl or cyclic N) is 1. The minimum atomic E-state index is -0.425. The first-order valence-electron chi connectivity index (χ1n) is 6.32. The number of nitrogens with zero attached hydrogens (tertiary/aromatic N) is 1. The van der Waals surface area contributed by atoms with Crippen molar-refractivity contribution in [1.29, 1.82) is 0 Å². The van der Waals surface area contributed by atoms with Gasteiger partial charge in [-0.2, -0.15) is 0 Å². The third kappa shape index (κ3) is 3.23. The highest BCUT2D eigenvalue weighted by molar-refractivity contribution is 5.68. The fourth-order valence-corrected chi connectivity index (χ4v) is 2.14. The fourth-order valence-electron chi connectivity index (χ4n) is 2.14. The van der Waals surface area contributed by atoms with Crippen LogP contribution >= 0.6 is 0 Å². The molecule has 0 aromatic heterocycles. The van der Waals surface area contributed by atoms with E-state index >= 15 is 0 Å². The van der Waals surface area contributed by atoms with Crippen LogP contribution in [-0.4, -0.2) is 34.8 Å². The third-order valence-corrected chi connectivity index (χ3v) is 3.30. The molecule has 1 N–H and O–H groups in total. The number of benzene rings is 1. The largest absolute Gasteiger partial charge is 0.445 e. The lowest BCUT2D eigenvalue weighted by Gasteiger charge is -2.35. The molecule has 4 nitrogen and oxygen atoms in total. The normalized spacial score (nSPS) is 23.8. The number of rotatable bonds is 2. The third-order valence-electron chi connectivity index (χ3n) is 3.30. The first-order valence-corrected chi connectivity index (χ1v) is 6.32. The van der Waals surface area contributed by atoms with Crippen molar-refractivity contribution in [1.82, 2.24) is 4.90 Å². The molecule has 0 radical (unpaired) electrons. The summed E-state index contributed by atoms with van der Waals surface area (Å²) in [6.45, 7) is 2.63. The summed E-state index contributed by atoms with van der Waals surface area (Å²) in [5.41, 5.74) is 0.969. The quantitative estimate of drug-likeness (QED) is 0.874. The summed E-state index contributed by atoms with van der Waals surface area (Å²) < 4.78 is 5.26. The van der Waals surface area contributed by atoms with Crippen molar-refractivity contribution in [2.75, 3.05) is 6.54 Å². The molecule has 1 aliphatic heterocycles. The molecule has 1 aromatic rings. The molecule has 0 aliphatic carbocycles. The van der Waals surface area contributed by atoms with Gasteiger partial charge in [0.25, 0.3) is 0 Å². The van der Waals surface area contributed by atoms with Crippen LogP contribution < -0.4 is 0 Å². The molecule has 1 aromatic carbocycles. The summed E-state index contributed by atoms with van der Waals surface area (Å²) in [6, 6.07) is 9.72. The fraction of sp³-hybridized carbons (Fsp3) is 0.500. The summed E-state index contributed by atoms with van der Waals surface area (Å²) in [6.07, 6.45) is 0.807. The van der Waals surface area contributed by atoms with E-state index in [9.17, 15) is 9.90 Å². The van der Waals surface area contributed by atoms with E-state index in [1.165, 1.54) is 0 Å². The Labute approximate surface area is 107 Å². The molecule has 1 unspecified atom stereocenters. The topological polar surface area (TPSA) is 49.8 Å². The van der Waals surface area contributed by atoms with Gasteiger partial charge in [0.1, 0.15) is 6.61 Å². The van der Waals surface area contributed by atoms with Gasteiger partial charge in [-0.15, -0.1) is 0 Å². The Morgan fingerprint density at radius 1 is 1.39 bits per heavy atom. The minimum Gasteiger partial charge on any atom is -0.445 e. The molecule has 0 bridgehead atoms. The maximum Gasteiger partial charge on any atom is 0.410 e. The van der Waals surface area contributed by atoms with Crippen molar-refractivity contribution < 1.29 is 14.6 Å². The second-order valence-electron chi connectivity index (χ2n) is 4.77. The number of aliphatic hydroxyl groups excluding tert-OH is 1. The van der Waals surface area contributed by atoms with Crippen molar-refractivity contribution in [3.63, 3.8) is 0 Å². The first-order chi connectivity index (χ1) is 8.66. The van der Waals surface area contributed by atoms with Crippen molar-refractivity contribution >= 4 is 6.09 Å². The average Bonchev–Trinajstić information content (AvgIpc) is 2.40. The summed E-state index contributed by atoms with van der Waals surface area (Å²) in [5, 5.41) is 9.58. The van der Waals surface area contributed by atoms with Crippen LogP contribution in [0.1, 0.15) is 25.3 Å². The minimum absolute atomic E-state index is 0.136. The number of likely N-dealkylation sites (tertiary alicyclic amines) is 1. The van der Waals surface area contributed by atoms with Gasteiger partial charge in [-0.05, 0) is 25.3 Å². The van der Waals surface area contributed by atoms with E-state index in [0.717, 1.165) is 18.4 Å². The molecule has 1 saturated heterocycles. The van der Waals surface area contributed by atoms with E-state index < -0.39 is 6.10 Å². The highest BCUT2D eigenvalue weighted by atomic mass is 16.6. The van der Waals surface area contributed by atoms with Crippen LogP contribution in [0.4, 0.5) is 4.79 Å². The summed E-state index contributed by atoms with van der Waals surface area (Å²) in [4.78, 5) is 13.5. The van der Waals surface area contributed by atoms with Crippen molar-refractivity contribution in [2.45, 2.75) is 38.5 Å². The van der Waals surface area contributed by atoms with Crippen LogP contribution in [0.25, 0.3) is 0 Å². The summed E-state index contributed by atoms with van der Waals surface area (Å²) >= 11 is 0. The number of carbonyl (C=O) groups is 1. The Hall–Kier alpha value is -1.55. The zero-order valence-electron chi connectivity index (χ0n) is 10.6. The molecule has 98 valence electrons. The predicted octanol–water partition coefficient (Wildman–Crippen LogP) is 2.17. The molecule has 1 aliphatic rings. The molecule has 2 atom stereocenters. The number of aliphatic hydroxyl groups is 1. The number of piperidine rings is 1. The molecule has 1 fully saturated rings. The van der Waals surface area contributed by atoms with E-state index in [1.807, 2.05) is 37.3 Å². The Morgan fingerprint density at radius 3 is 2.83 bits per heavy atom. The highest BCUT2D eigenvalue weighted by Crippen LogP contribution is 2.18. The number of hydrogen-bond acceptors (Lipinski definition) is 3. The van der Waals surface area contributed by atoms with Crippen molar-refractivity contribution in [3.8, 4) is 0 Å². The Morgan fingerprint density at radius 2 is 2.11 bits per heavy atom. The molecule has 18 heavy (non-hydrogen) atoms. The van der Waals surface area contributed by atoms with Gasteiger partial charge in [-0.3, -0.25) is 0 Å². The van der Waals surface area contributed by atoms with Crippen LogP contribution in [0.15, 0.2) is 30.3 Å². The van der Waals surface area contributed by atoms with Crippen LogP contribution in [0.3, 0.4) is 0 Å². The molecule has 2 rings (SSSR count). The van der Waals surface area contributed by atoms with Crippen LogP contribution in [-0.2, 0) is 11.3 Å². The zero-order valence-corrected chi connectivity index (χ0v) is 10.6. The van der Waals surface area contributed by atoms with Gasteiger partial charge in [-0.25, -0.2) is 4.79 Å². The summed E-state index contributed by atoms with van der Waals surface area (Å²) in [5.74, 6) is 0. The molecule has 1 heterocycles. The lowest BCUT2D eigenvalue weighted by atomic mass is 10.0. The van der Waals surface area contributed by atoms with E-state index in [2.05, 4.69) is 0 Å². The van der Waals surface area contributed by atoms with Crippen molar-refractivity contribution in [2.24, 2.45) is 0 Å². The highest BCUT2D eigenvalue weighted by Gasteiger charge is 2.28. The molecular weight excluding hydrogens is 230 g/mol. The second kappa shape index (κ2) is 5.87. The van der Waals surface area contributed by atoms with E-state index in [1.54, 1.807) is 4.90 Å². The zero-order chi connectivity index (χ0) is 13.0. The van der Waals surface area contributed by atoms with Crippen molar-refractivity contribution in [3.05, 3.63) is 35.9 Å².